The molecule has 1 aliphatic rings. The van der Waals surface area contributed by atoms with Crippen LogP contribution in [0.15, 0.2) is 77.7 Å². The standard InChI is InChI=1S/C25H24N2O3S/c1-17-7-11-19(12-8-17)26-24(28)16-27-21-5-3-4-6-22(21)31-23(15-25(27)29)18-9-13-20(30-2)14-10-18/h3-14,23H,15-16H2,1-2H3,(H,26,28). The van der Waals surface area contributed by atoms with Gasteiger partial charge >= 0.3 is 0 Å². The van der Waals surface area contributed by atoms with Crippen molar-refractivity contribution in [1.82, 2.24) is 0 Å². The zero-order valence-corrected chi connectivity index (χ0v) is 18.3. The van der Waals surface area contributed by atoms with Crippen molar-refractivity contribution in [3.8, 4) is 5.75 Å². The number of benzene rings is 3. The van der Waals surface area contributed by atoms with Gasteiger partial charge in [-0.25, -0.2) is 0 Å². The maximum Gasteiger partial charge on any atom is 0.244 e. The first-order chi connectivity index (χ1) is 15.0. The number of anilines is 2. The van der Waals surface area contributed by atoms with Gasteiger partial charge in [0.25, 0.3) is 0 Å². The number of para-hydroxylation sites is 1. The minimum atomic E-state index is -0.222. The van der Waals surface area contributed by atoms with Crippen LogP contribution in [0, 0.1) is 6.92 Å². The molecule has 3 aromatic carbocycles. The van der Waals surface area contributed by atoms with E-state index in [9.17, 15) is 9.59 Å². The Kier molecular flexibility index (Phi) is 6.28. The summed E-state index contributed by atoms with van der Waals surface area (Å²) >= 11 is 1.65. The third-order valence-corrected chi connectivity index (χ3v) is 6.53. The van der Waals surface area contributed by atoms with Gasteiger partial charge in [0, 0.05) is 22.3 Å². The maximum atomic E-state index is 13.2. The summed E-state index contributed by atoms with van der Waals surface area (Å²) < 4.78 is 5.25. The normalized spacial score (nSPS) is 15.7. The van der Waals surface area contributed by atoms with Crippen molar-refractivity contribution in [3.63, 3.8) is 0 Å². The van der Waals surface area contributed by atoms with Gasteiger partial charge in [-0.05, 0) is 48.9 Å². The first-order valence-corrected chi connectivity index (χ1v) is 11.0. The summed E-state index contributed by atoms with van der Waals surface area (Å²) in [6, 6.07) is 23.2. The minimum absolute atomic E-state index is 0.0282. The summed E-state index contributed by atoms with van der Waals surface area (Å²) in [6.45, 7) is 1.97. The lowest BCUT2D eigenvalue weighted by Crippen LogP contribution is -2.38. The van der Waals surface area contributed by atoms with E-state index in [2.05, 4.69) is 5.32 Å². The van der Waals surface area contributed by atoms with Crippen LogP contribution in [0.4, 0.5) is 11.4 Å². The highest BCUT2D eigenvalue weighted by Crippen LogP contribution is 2.45. The molecule has 6 heteroatoms. The van der Waals surface area contributed by atoms with Gasteiger partial charge in [-0.3, -0.25) is 9.59 Å². The number of hydrogen-bond acceptors (Lipinski definition) is 4. The second-order valence-electron chi connectivity index (χ2n) is 7.45. The van der Waals surface area contributed by atoms with E-state index in [0.29, 0.717) is 6.42 Å². The summed E-state index contributed by atoms with van der Waals surface area (Å²) in [5.41, 5.74) is 3.67. The van der Waals surface area contributed by atoms with Crippen molar-refractivity contribution < 1.29 is 14.3 Å². The Balaban J connectivity index is 1.56. The van der Waals surface area contributed by atoms with Crippen molar-refractivity contribution in [2.24, 2.45) is 0 Å². The van der Waals surface area contributed by atoms with E-state index in [4.69, 9.17) is 4.74 Å². The molecule has 0 spiro atoms. The number of rotatable bonds is 5. The Labute approximate surface area is 186 Å². The van der Waals surface area contributed by atoms with Crippen LogP contribution in [-0.2, 0) is 9.59 Å². The van der Waals surface area contributed by atoms with Crippen molar-refractivity contribution in [1.29, 1.82) is 0 Å². The van der Waals surface area contributed by atoms with Crippen molar-refractivity contribution in [3.05, 3.63) is 83.9 Å². The number of thioether (sulfide) groups is 1. The van der Waals surface area contributed by atoms with Crippen molar-refractivity contribution >= 4 is 35.0 Å². The maximum absolute atomic E-state index is 13.2. The van der Waals surface area contributed by atoms with E-state index in [1.807, 2.05) is 79.7 Å². The molecule has 0 aromatic heterocycles. The first kappa shape index (κ1) is 21.0. The molecule has 2 amide bonds. The number of aryl methyl sites for hydroxylation is 1. The topological polar surface area (TPSA) is 58.6 Å². The Morgan fingerprint density at radius 3 is 2.48 bits per heavy atom. The lowest BCUT2D eigenvalue weighted by Gasteiger charge is -2.22. The van der Waals surface area contributed by atoms with Gasteiger partial charge in [0.1, 0.15) is 12.3 Å². The summed E-state index contributed by atoms with van der Waals surface area (Å²) in [5, 5.41) is 2.85. The predicted molar refractivity (Wildman–Crippen MR) is 125 cm³/mol. The number of fused-ring (bicyclic) bond motifs is 1. The monoisotopic (exact) mass is 432 g/mol. The molecule has 0 aliphatic carbocycles. The van der Waals surface area contributed by atoms with Gasteiger partial charge < -0.3 is 15.0 Å². The highest BCUT2D eigenvalue weighted by Gasteiger charge is 2.30. The molecule has 31 heavy (non-hydrogen) atoms. The lowest BCUT2D eigenvalue weighted by atomic mass is 10.1. The lowest BCUT2D eigenvalue weighted by molar-refractivity contribution is -0.121. The SMILES string of the molecule is COc1ccc(C2CC(=O)N(CC(=O)Nc3ccc(C)cc3)c3ccccc3S2)cc1. The van der Waals surface area contributed by atoms with E-state index < -0.39 is 0 Å². The van der Waals surface area contributed by atoms with Crippen LogP contribution >= 0.6 is 11.8 Å². The molecule has 158 valence electrons. The number of hydrogen-bond donors (Lipinski definition) is 1. The third-order valence-electron chi connectivity index (χ3n) is 5.21. The minimum Gasteiger partial charge on any atom is -0.497 e. The highest BCUT2D eigenvalue weighted by molar-refractivity contribution is 7.99. The number of amides is 2. The van der Waals surface area contributed by atoms with Gasteiger partial charge in [-0.2, -0.15) is 0 Å². The van der Waals surface area contributed by atoms with Crippen LogP contribution in [0.3, 0.4) is 0 Å². The predicted octanol–water partition coefficient (Wildman–Crippen LogP) is 5.21. The highest BCUT2D eigenvalue weighted by atomic mass is 32.2. The largest absolute Gasteiger partial charge is 0.497 e. The van der Waals surface area contributed by atoms with Crippen LogP contribution < -0.4 is 15.0 Å². The number of carbonyl (C=O) groups is 2. The molecule has 1 aliphatic heterocycles. The fourth-order valence-corrected chi connectivity index (χ4v) is 4.82. The summed E-state index contributed by atoms with van der Waals surface area (Å²) in [4.78, 5) is 28.5. The molecular weight excluding hydrogens is 408 g/mol. The van der Waals surface area contributed by atoms with Crippen LogP contribution in [0.2, 0.25) is 0 Å². The molecule has 5 nitrogen and oxygen atoms in total. The number of nitrogens with zero attached hydrogens (tertiary/aromatic N) is 1. The van der Waals surface area contributed by atoms with Crippen LogP contribution in [0.5, 0.6) is 5.75 Å². The summed E-state index contributed by atoms with van der Waals surface area (Å²) in [7, 11) is 1.63. The number of methoxy groups -OCH3 is 1. The molecule has 1 N–H and O–H groups in total. The van der Waals surface area contributed by atoms with Crippen molar-refractivity contribution in [2.75, 3.05) is 23.9 Å². The van der Waals surface area contributed by atoms with Crippen LogP contribution in [0.25, 0.3) is 0 Å². The van der Waals surface area contributed by atoms with E-state index in [0.717, 1.165) is 33.1 Å². The second kappa shape index (κ2) is 9.27. The fraction of sp³-hybridized carbons (Fsp3) is 0.200. The van der Waals surface area contributed by atoms with Gasteiger partial charge in [-0.15, -0.1) is 11.8 Å². The zero-order chi connectivity index (χ0) is 21.8. The molecule has 1 unspecified atom stereocenters. The molecular formula is C25H24N2O3S. The molecule has 4 rings (SSSR count). The van der Waals surface area contributed by atoms with Crippen molar-refractivity contribution in [2.45, 2.75) is 23.5 Å². The quantitative estimate of drug-likeness (QED) is 0.601. The molecule has 0 bridgehead atoms. The average molecular weight is 433 g/mol. The average Bonchev–Trinajstić information content (AvgIpc) is 2.92. The van der Waals surface area contributed by atoms with E-state index in [1.54, 1.807) is 23.8 Å². The Morgan fingerprint density at radius 1 is 1.06 bits per heavy atom. The van der Waals surface area contributed by atoms with Crippen LogP contribution in [-0.4, -0.2) is 25.5 Å². The molecule has 0 radical (unpaired) electrons. The third kappa shape index (κ3) is 4.91. The van der Waals surface area contributed by atoms with E-state index in [1.165, 1.54) is 0 Å². The van der Waals surface area contributed by atoms with Gasteiger partial charge in [0.05, 0.1) is 12.8 Å². The van der Waals surface area contributed by atoms with Gasteiger partial charge in [0.2, 0.25) is 11.8 Å². The van der Waals surface area contributed by atoms with E-state index >= 15 is 0 Å². The molecule has 0 saturated carbocycles. The van der Waals surface area contributed by atoms with Crippen LogP contribution in [0.1, 0.15) is 22.8 Å². The number of carbonyl (C=O) groups excluding carboxylic acids is 2. The van der Waals surface area contributed by atoms with E-state index in [-0.39, 0.29) is 23.6 Å². The summed E-state index contributed by atoms with van der Waals surface area (Å²) in [5.74, 6) is 0.487. The molecule has 0 fully saturated rings. The second-order valence-corrected chi connectivity index (χ2v) is 8.69. The number of nitrogens with one attached hydrogen (secondary N) is 1. The molecule has 1 heterocycles. The first-order valence-electron chi connectivity index (χ1n) is 10.1. The smallest absolute Gasteiger partial charge is 0.244 e. The Hall–Kier alpha value is -3.25. The van der Waals surface area contributed by atoms with Gasteiger partial charge in [-0.1, -0.05) is 42.0 Å². The fourth-order valence-electron chi connectivity index (χ4n) is 3.54. The molecule has 3 aromatic rings. The number of ether oxygens (including phenoxy) is 1. The Bertz CT molecular complexity index is 1080. The summed E-state index contributed by atoms with van der Waals surface area (Å²) in [6.07, 6.45) is 0.309. The molecule has 1 atom stereocenters. The van der Waals surface area contributed by atoms with Gasteiger partial charge in [0.15, 0.2) is 0 Å². The molecule has 0 saturated heterocycles. The Morgan fingerprint density at radius 2 is 1.77 bits per heavy atom. The zero-order valence-electron chi connectivity index (χ0n) is 17.5.